The lowest BCUT2D eigenvalue weighted by Gasteiger charge is -2.11. The zero-order chi connectivity index (χ0) is 19.4. The molecule has 0 spiro atoms. The number of benzene rings is 2. The van der Waals surface area contributed by atoms with Crippen molar-refractivity contribution in [2.75, 3.05) is 20.3 Å². The molecule has 2 aromatic carbocycles. The first kappa shape index (κ1) is 19.5. The van der Waals surface area contributed by atoms with Gasteiger partial charge in [-0.2, -0.15) is 0 Å². The van der Waals surface area contributed by atoms with Crippen LogP contribution in [0, 0.1) is 13.8 Å². The van der Waals surface area contributed by atoms with Gasteiger partial charge in [0.15, 0.2) is 0 Å². The van der Waals surface area contributed by atoms with Gasteiger partial charge in [-0.25, -0.2) is 0 Å². The number of thioether (sulfide) groups is 1. The summed E-state index contributed by atoms with van der Waals surface area (Å²) in [6, 6.07) is 13.7. The summed E-state index contributed by atoms with van der Waals surface area (Å²) in [5.74, 6) is 1.46. The Morgan fingerprint density at radius 3 is 2.52 bits per heavy atom. The predicted molar refractivity (Wildman–Crippen MR) is 114 cm³/mol. The van der Waals surface area contributed by atoms with Gasteiger partial charge in [0, 0.05) is 12.6 Å². The number of thiocarbonyl (C=S) groups is 1. The van der Waals surface area contributed by atoms with Crippen LogP contribution in [-0.2, 0) is 4.79 Å². The lowest BCUT2D eigenvalue weighted by molar-refractivity contribution is -0.121. The van der Waals surface area contributed by atoms with Crippen LogP contribution in [0.5, 0.6) is 11.5 Å². The van der Waals surface area contributed by atoms with Crippen LogP contribution in [-0.4, -0.2) is 35.4 Å². The zero-order valence-electron chi connectivity index (χ0n) is 15.5. The molecule has 1 heterocycles. The third-order valence-corrected chi connectivity index (χ3v) is 5.76. The summed E-state index contributed by atoms with van der Waals surface area (Å²) in [5, 5.41) is 0. The Labute approximate surface area is 169 Å². The summed E-state index contributed by atoms with van der Waals surface area (Å²) in [7, 11) is 1.69. The predicted octanol–water partition coefficient (Wildman–Crippen LogP) is 4.59. The standard InChI is InChI=1S/C21H21NO3S2/c1-14-8-9-17(12-15(14)2)24-10-11-25-18-7-5-4-6-16(18)13-19-20(23)22(3)21(26)27-19/h4-9,12-13H,10-11H2,1-3H3/b19-13+. The van der Waals surface area contributed by atoms with Gasteiger partial charge in [-0.05, 0) is 49.2 Å². The zero-order valence-corrected chi connectivity index (χ0v) is 17.2. The second kappa shape index (κ2) is 8.59. The van der Waals surface area contributed by atoms with Gasteiger partial charge in [-0.1, -0.05) is 48.2 Å². The van der Waals surface area contributed by atoms with Crippen LogP contribution in [0.2, 0.25) is 0 Å². The number of hydrogen-bond acceptors (Lipinski definition) is 5. The number of likely N-dealkylation sites (N-methyl/N-ethyl adjacent to an activating group) is 1. The number of hydrogen-bond donors (Lipinski definition) is 0. The maximum atomic E-state index is 12.2. The fourth-order valence-corrected chi connectivity index (χ4v) is 3.70. The van der Waals surface area contributed by atoms with Crippen molar-refractivity contribution < 1.29 is 14.3 Å². The van der Waals surface area contributed by atoms with E-state index >= 15 is 0 Å². The van der Waals surface area contributed by atoms with Gasteiger partial charge < -0.3 is 9.47 Å². The van der Waals surface area contributed by atoms with Crippen molar-refractivity contribution in [2.24, 2.45) is 0 Å². The first-order valence-corrected chi connectivity index (χ1v) is 9.81. The minimum atomic E-state index is -0.0853. The summed E-state index contributed by atoms with van der Waals surface area (Å²) in [5.41, 5.74) is 3.29. The molecule has 1 saturated heterocycles. The Kier molecular flexibility index (Phi) is 6.19. The van der Waals surface area contributed by atoms with Crippen LogP contribution in [0.25, 0.3) is 6.08 Å². The Bertz CT molecular complexity index is 908. The van der Waals surface area contributed by atoms with Gasteiger partial charge in [-0.15, -0.1) is 0 Å². The fourth-order valence-electron chi connectivity index (χ4n) is 2.53. The molecule has 1 aliphatic heterocycles. The molecule has 0 aromatic heterocycles. The molecule has 1 aliphatic rings. The Balaban J connectivity index is 1.62. The van der Waals surface area contributed by atoms with Crippen molar-refractivity contribution in [3.63, 3.8) is 0 Å². The number of carbonyl (C=O) groups is 1. The topological polar surface area (TPSA) is 38.8 Å². The highest BCUT2D eigenvalue weighted by Crippen LogP contribution is 2.33. The molecule has 0 N–H and O–H groups in total. The van der Waals surface area contributed by atoms with Crippen molar-refractivity contribution in [3.05, 3.63) is 64.1 Å². The van der Waals surface area contributed by atoms with Crippen LogP contribution >= 0.6 is 24.0 Å². The van der Waals surface area contributed by atoms with E-state index in [1.165, 1.54) is 27.8 Å². The Hall–Kier alpha value is -2.31. The lowest BCUT2D eigenvalue weighted by Crippen LogP contribution is -2.22. The monoisotopic (exact) mass is 399 g/mol. The van der Waals surface area contributed by atoms with E-state index < -0.39 is 0 Å². The summed E-state index contributed by atoms with van der Waals surface area (Å²) < 4.78 is 12.2. The van der Waals surface area contributed by atoms with E-state index in [-0.39, 0.29) is 5.91 Å². The van der Waals surface area contributed by atoms with Gasteiger partial charge >= 0.3 is 0 Å². The second-order valence-corrected chi connectivity index (χ2v) is 7.90. The third-order valence-electron chi connectivity index (χ3n) is 4.28. The van der Waals surface area contributed by atoms with Gasteiger partial charge in [0.25, 0.3) is 5.91 Å². The summed E-state index contributed by atoms with van der Waals surface area (Å²) in [6.45, 7) is 4.99. The van der Waals surface area contributed by atoms with E-state index in [2.05, 4.69) is 13.8 Å². The van der Waals surface area contributed by atoms with Crippen LogP contribution in [0.15, 0.2) is 47.4 Å². The van der Waals surface area contributed by atoms with E-state index in [9.17, 15) is 4.79 Å². The van der Waals surface area contributed by atoms with Crippen molar-refractivity contribution in [3.8, 4) is 11.5 Å². The smallest absolute Gasteiger partial charge is 0.265 e. The van der Waals surface area contributed by atoms with Crippen molar-refractivity contribution in [2.45, 2.75) is 13.8 Å². The average Bonchev–Trinajstić information content (AvgIpc) is 2.89. The maximum absolute atomic E-state index is 12.2. The summed E-state index contributed by atoms with van der Waals surface area (Å²) in [4.78, 5) is 14.3. The molecule has 0 aliphatic carbocycles. The maximum Gasteiger partial charge on any atom is 0.265 e. The molecule has 1 amide bonds. The SMILES string of the molecule is Cc1ccc(OCCOc2ccccc2/C=C2/SC(=S)N(C)C2=O)cc1C. The highest BCUT2D eigenvalue weighted by Gasteiger charge is 2.28. The normalized spacial score (nSPS) is 15.5. The Morgan fingerprint density at radius 2 is 1.81 bits per heavy atom. The highest BCUT2D eigenvalue weighted by molar-refractivity contribution is 8.26. The molecular weight excluding hydrogens is 378 g/mol. The molecule has 1 fully saturated rings. The number of rotatable bonds is 6. The highest BCUT2D eigenvalue weighted by atomic mass is 32.2. The first-order chi connectivity index (χ1) is 13.0. The molecular formula is C21H21NO3S2. The number of para-hydroxylation sites is 1. The van der Waals surface area contributed by atoms with Crippen molar-refractivity contribution in [1.29, 1.82) is 0 Å². The number of carbonyl (C=O) groups excluding carboxylic acids is 1. The third kappa shape index (κ3) is 4.70. The number of ether oxygens (including phenoxy) is 2. The molecule has 2 aromatic rings. The number of nitrogens with zero attached hydrogens (tertiary/aromatic N) is 1. The molecule has 140 valence electrons. The lowest BCUT2D eigenvalue weighted by atomic mass is 10.1. The summed E-state index contributed by atoms with van der Waals surface area (Å²) in [6.07, 6.45) is 1.82. The van der Waals surface area contributed by atoms with E-state index in [4.69, 9.17) is 21.7 Å². The summed E-state index contributed by atoms with van der Waals surface area (Å²) >= 11 is 6.48. The van der Waals surface area contributed by atoms with E-state index in [1.54, 1.807) is 7.05 Å². The van der Waals surface area contributed by atoms with Crippen LogP contribution in [0.1, 0.15) is 16.7 Å². The quantitative estimate of drug-likeness (QED) is 0.403. The van der Waals surface area contributed by atoms with Crippen molar-refractivity contribution >= 4 is 40.3 Å². The first-order valence-electron chi connectivity index (χ1n) is 8.59. The molecule has 0 saturated carbocycles. The molecule has 0 atom stereocenters. The molecule has 27 heavy (non-hydrogen) atoms. The number of amides is 1. The van der Waals surface area contributed by atoms with Crippen molar-refractivity contribution in [1.82, 2.24) is 4.90 Å². The van der Waals surface area contributed by atoms with Gasteiger partial charge in [-0.3, -0.25) is 9.69 Å². The van der Waals surface area contributed by atoms with E-state index in [0.29, 0.717) is 28.2 Å². The second-order valence-electron chi connectivity index (χ2n) is 6.22. The fraction of sp³-hybridized carbons (Fsp3) is 0.238. The Morgan fingerprint density at radius 1 is 1.07 bits per heavy atom. The molecule has 0 unspecified atom stereocenters. The van der Waals surface area contributed by atoms with E-state index in [0.717, 1.165) is 11.3 Å². The van der Waals surface area contributed by atoms with Crippen LogP contribution in [0.3, 0.4) is 0 Å². The van der Waals surface area contributed by atoms with Crippen LogP contribution in [0.4, 0.5) is 0 Å². The van der Waals surface area contributed by atoms with Gasteiger partial charge in [0.1, 0.15) is 29.0 Å². The molecule has 4 nitrogen and oxygen atoms in total. The van der Waals surface area contributed by atoms with Gasteiger partial charge in [0.2, 0.25) is 0 Å². The average molecular weight is 400 g/mol. The minimum Gasteiger partial charge on any atom is -0.490 e. The van der Waals surface area contributed by atoms with Crippen LogP contribution < -0.4 is 9.47 Å². The number of aryl methyl sites for hydroxylation is 2. The minimum absolute atomic E-state index is 0.0853. The molecule has 6 heteroatoms. The largest absolute Gasteiger partial charge is 0.490 e. The molecule has 3 rings (SSSR count). The van der Waals surface area contributed by atoms with E-state index in [1.807, 2.05) is 48.5 Å². The molecule has 0 bridgehead atoms. The molecule has 0 radical (unpaired) electrons. The van der Waals surface area contributed by atoms with Gasteiger partial charge in [0.05, 0.1) is 4.91 Å².